The largest absolute Gasteiger partial charge is 0.508 e. The summed E-state index contributed by atoms with van der Waals surface area (Å²) in [5, 5.41) is 43.8. The summed E-state index contributed by atoms with van der Waals surface area (Å²) in [5.41, 5.74) is 4.72. The summed E-state index contributed by atoms with van der Waals surface area (Å²) in [7, 11) is 0. The van der Waals surface area contributed by atoms with Crippen molar-refractivity contribution in [3.05, 3.63) is 119 Å². The fraction of sp³-hybridized carbons (Fsp3) is 0.414. The van der Waals surface area contributed by atoms with Crippen molar-refractivity contribution in [3.8, 4) is 40.7 Å². The van der Waals surface area contributed by atoms with Gasteiger partial charge in [-0.3, -0.25) is 23.9 Å². The van der Waals surface area contributed by atoms with Crippen LogP contribution in [0.25, 0.3) is 27.8 Å². The average Bonchev–Trinajstić information content (AvgIpc) is 4.21. The molecule has 3 fully saturated rings. The molecule has 22 heteroatoms. The van der Waals surface area contributed by atoms with Crippen LogP contribution in [0.15, 0.2) is 85.5 Å². The highest BCUT2D eigenvalue weighted by Crippen LogP contribution is 2.40. The summed E-state index contributed by atoms with van der Waals surface area (Å²) < 4.78 is 47.2. The van der Waals surface area contributed by atoms with E-state index in [0.717, 1.165) is 51.6 Å². The van der Waals surface area contributed by atoms with Gasteiger partial charge >= 0.3 is 12.2 Å². The molecule has 0 bridgehead atoms. The maximum absolute atomic E-state index is 14.1. The summed E-state index contributed by atoms with van der Waals surface area (Å²) in [5.74, 6) is -1.66. The third kappa shape index (κ3) is 11.8. The van der Waals surface area contributed by atoms with E-state index in [1.807, 2.05) is 66.5 Å². The molecule has 2 aromatic heterocycles. The molecule has 3 amide bonds. The second-order valence-electron chi connectivity index (χ2n) is 21.3. The van der Waals surface area contributed by atoms with Crippen molar-refractivity contribution in [2.75, 3.05) is 75.3 Å². The van der Waals surface area contributed by atoms with E-state index in [9.17, 15) is 43.0 Å². The highest BCUT2D eigenvalue weighted by atomic mass is 35.5. The van der Waals surface area contributed by atoms with Crippen molar-refractivity contribution in [2.24, 2.45) is 11.8 Å². The SMILES string of the molecule is C=CC(=O)N1CCN(c2nc(OCC3CCN(C(=O)C4CCN(Cc5ccc(-n6c(C(=O)NCC(F)(F)F)nnc6-c6cc(C(C)C)c(O)cc6O)cc5)CC4)C3)nc3c2CCN(c2cccc4cccc(Cl)c24)C3)CC1CC#N. The van der Waals surface area contributed by atoms with Gasteiger partial charge in [-0.15, -0.1) is 10.2 Å². The maximum Gasteiger partial charge on any atom is 0.405 e. The van der Waals surface area contributed by atoms with E-state index >= 15 is 0 Å². The van der Waals surface area contributed by atoms with Crippen LogP contribution < -0.4 is 19.9 Å². The first-order valence-corrected chi connectivity index (χ1v) is 27.3. The number of benzene rings is 4. The maximum atomic E-state index is 14.1. The van der Waals surface area contributed by atoms with E-state index in [4.69, 9.17) is 26.3 Å². The number of carbonyl (C=O) groups is 3. The van der Waals surface area contributed by atoms with Gasteiger partial charge in [-0.1, -0.05) is 68.4 Å². The predicted octanol–water partition coefficient (Wildman–Crippen LogP) is 8.18. The average molecular weight is 1120 g/mol. The number of aromatic hydroxyl groups is 2. The number of rotatable bonds is 15. The fourth-order valence-corrected chi connectivity index (χ4v) is 11.8. The van der Waals surface area contributed by atoms with Crippen molar-refractivity contribution in [2.45, 2.75) is 77.2 Å². The number of aromatic nitrogens is 5. The van der Waals surface area contributed by atoms with E-state index in [1.54, 1.807) is 17.0 Å². The fourth-order valence-electron chi connectivity index (χ4n) is 11.5. The van der Waals surface area contributed by atoms with Crippen LogP contribution in [0.1, 0.15) is 78.5 Å². The van der Waals surface area contributed by atoms with Crippen molar-refractivity contribution in [3.63, 3.8) is 0 Å². The standard InChI is InChI=1S/C58H62ClF3N12O6/c1-4-50(77)73-26-25-71(31-41(73)15-20-63)52-42-19-24-70(47-10-6-8-38-7-5-9-45(59)51(38)47)32-46(42)65-57(66-52)80-33-37-16-23-72(30-37)56(79)39-17-21-69(22-18-39)29-36-11-13-40(14-12-36)74-53(44-27-43(35(2)3)48(75)28-49(44)76)67-68-54(74)55(78)64-34-58(60,61)62/h4-14,27-28,35,37,39,41,75-76H,1,15-19,21-26,29-34H2,2-3H3,(H,64,78). The number of alkyl halides is 3. The Morgan fingerprint density at radius 1 is 0.925 bits per heavy atom. The van der Waals surface area contributed by atoms with E-state index < -0.39 is 24.5 Å². The first kappa shape index (κ1) is 55.4. The number of hydrogen-bond donors (Lipinski definition) is 3. The molecule has 0 spiro atoms. The number of piperazine rings is 1. The number of ether oxygens (including phenoxy) is 1. The van der Waals surface area contributed by atoms with Gasteiger partial charge < -0.3 is 39.9 Å². The number of hydrogen-bond acceptors (Lipinski definition) is 14. The van der Waals surface area contributed by atoms with Crippen LogP contribution in [0.4, 0.5) is 24.7 Å². The number of halogens is 4. The predicted molar refractivity (Wildman–Crippen MR) is 295 cm³/mol. The first-order valence-electron chi connectivity index (χ1n) is 26.9. The molecule has 2 unspecified atom stereocenters. The van der Waals surface area contributed by atoms with Crippen molar-refractivity contribution < 1.29 is 42.5 Å². The molecular formula is C58H62ClF3N12O6. The molecule has 4 aliphatic heterocycles. The molecule has 4 aliphatic rings. The molecule has 18 nitrogen and oxygen atoms in total. The van der Waals surface area contributed by atoms with Crippen molar-refractivity contribution in [1.29, 1.82) is 5.26 Å². The number of nitriles is 1. The second kappa shape index (κ2) is 23.4. The van der Waals surface area contributed by atoms with Gasteiger partial charge in [0.2, 0.25) is 17.6 Å². The zero-order valence-corrected chi connectivity index (χ0v) is 45.3. The number of carbonyl (C=O) groups excluding carboxylic acids is 3. The summed E-state index contributed by atoms with van der Waals surface area (Å²) in [6.45, 7) is 11.7. The van der Waals surface area contributed by atoms with Crippen LogP contribution in [0.5, 0.6) is 17.5 Å². The number of fused-ring (bicyclic) bond motifs is 2. The van der Waals surface area contributed by atoms with Gasteiger partial charge in [0.15, 0.2) is 5.82 Å². The van der Waals surface area contributed by atoms with E-state index in [0.29, 0.717) is 108 Å². The van der Waals surface area contributed by atoms with Gasteiger partial charge in [-0.05, 0) is 97.6 Å². The molecule has 3 N–H and O–H groups in total. The Morgan fingerprint density at radius 3 is 2.41 bits per heavy atom. The smallest absolute Gasteiger partial charge is 0.405 e. The Hall–Kier alpha value is -7.96. The van der Waals surface area contributed by atoms with Crippen LogP contribution in [0.2, 0.25) is 5.02 Å². The van der Waals surface area contributed by atoms with E-state index in [-0.39, 0.29) is 70.9 Å². The third-order valence-corrected chi connectivity index (χ3v) is 16.0. The molecule has 80 heavy (non-hydrogen) atoms. The van der Waals surface area contributed by atoms with E-state index in [1.165, 1.54) is 16.7 Å². The van der Waals surface area contributed by atoms with Crippen molar-refractivity contribution in [1.82, 2.24) is 44.7 Å². The molecule has 6 heterocycles. The number of nitrogens with zero attached hydrogens (tertiary/aromatic N) is 11. The Labute approximate surface area is 466 Å². The Bertz CT molecular complexity index is 3360. The third-order valence-electron chi connectivity index (χ3n) is 15.7. The van der Waals surface area contributed by atoms with Crippen LogP contribution >= 0.6 is 11.6 Å². The zero-order chi connectivity index (χ0) is 56.4. The Morgan fingerprint density at radius 2 is 1.69 bits per heavy atom. The molecule has 4 aromatic carbocycles. The number of phenolic OH excluding ortho intramolecular Hbond substituents is 2. The number of phenols is 2. The van der Waals surface area contributed by atoms with Gasteiger partial charge in [-0.2, -0.15) is 28.4 Å². The highest BCUT2D eigenvalue weighted by Gasteiger charge is 2.37. The minimum absolute atomic E-state index is 0.00912. The topological polar surface area (TPSA) is 209 Å². The van der Waals surface area contributed by atoms with E-state index in [2.05, 4.69) is 43.6 Å². The molecule has 0 radical (unpaired) electrons. The molecular weight excluding hydrogens is 1050 g/mol. The van der Waals surface area contributed by atoms with Gasteiger partial charge in [0.25, 0.3) is 5.91 Å². The molecule has 6 aromatic rings. The van der Waals surface area contributed by atoms with Crippen molar-refractivity contribution >= 4 is 51.6 Å². The van der Waals surface area contributed by atoms with Crippen LogP contribution in [-0.2, 0) is 29.1 Å². The van der Waals surface area contributed by atoms with Crippen LogP contribution in [0, 0.1) is 23.2 Å². The van der Waals surface area contributed by atoms with Crippen LogP contribution in [-0.4, -0.2) is 145 Å². The molecule has 0 saturated carbocycles. The molecule has 2 atom stereocenters. The molecule has 0 aliphatic carbocycles. The number of amides is 3. The molecule has 3 saturated heterocycles. The first-order chi connectivity index (χ1) is 38.5. The lowest BCUT2D eigenvalue weighted by Crippen LogP contribution is -2.55. The zero-order valence-electron chi connectivity index (χ0n) is 44.5. The van der Waals surface area contributed by atoms with Crippen LogP contribution in [0.3, 0.4) is 0 Å². The Kier molecular flexibility index (Phi) is 16.2. The summed E-state index contributed by atoms with van der Waals surface area (Å²) in [6.07, 6.45) is -0.473. The highest BCUT2D eigenvalue weighted by molar-refractivity contribution is 6.36. The number of nitrogens with one attached hydrogen (secondary N) is 1. The lowest BCUT2D eigenvalue weighted by Gasteiger charge is -2.42. The lowest BCUT2D eigenvalue weighted by molar-refractivity contribution is -0.136. The van der Waals surface area contributed by atoms with Gasteiger partial charge in [0, 0.05) is 86.0 Å². The number of likely N-dealkylation sites (tertiary alicyclic amines) is 2. The lowest BCUT2D eigenvalue weighted by atomic mass is 9.95. The minimum atomic E-state index is -4.67. The minimum Gasteiger partial charge on any atom is -0.508 e. The summed E-state index contributed by atoms with van der Waals surface area (Å²) in [6, 6.07) is 23.9. The number of piperidine rings is 1. The van der Waals surface area contributed by atoms with Gasteiger partial charge in [0.05, 0.1) is 48.0 Å². The van der Waals surface area contributed by atoms with Gasteiger partial charge in [0.1, 0.15) is 23.9 Å². The monoisotopic (exact) mass is 1110 g/mol. The normalized spacial score (nSPS) is 18.1. The quantitative estimate of drug-likeness (QED) is 0.0829. The number of anilines is 2. The second-order valence-corrected chi connectivity index (χ2v) is 21.7. The summed E-state index contributed by atoms with van der Waals surface area (Å²) in [4.78, 5) is 60.4. The van der Waals surface area contributed by atoms with Gasteiger partial charge in [-0.25, -0.2) is 0 Å². The molecule has 10 rings (SSSR count). The summed E-state index contributed by atoms with van der Waals surface area (Å²) >= 11 is 6.80. The molecule has 418 valence electrons. The Balaban J connectivity index is 0.782.